The van der Waals surface area contributed by atoms with E-state index in [0.717, 1.165) is 16.3 Å². The van der Waals surface area contributed by atoms with Crippen molar-refractivity contribution in [3.8, 4) is 0 Å². The predicted molar refractivity (Wildman–Crippen MR) is 126 cm³/mol. The van der Waals surface area contributed by atoms with Crippen LogP contribution in [0, 0.1) is 11.8 Å². The summed E-state index contributed by atoms with van der Waals surface area (Å²) in [6.07, 6.45) is 0. The Kier molecular flexibility index (Phi) is 6.36. The smallest absolute Gasteiger partial charge is 0.324 e. The molecule has 3 aromatic carbocycles. The molecule has 4 rings (SSSR count). The van der Waals surface area contributed by atoms with Crippen molar-refractivity contribution in [2.75, 3.05) is 7.11 Å². The van der Waals surface area contributed by atoms with Gasteiger partial charge in [-0.25, -0.2) is 8.42 Å². The molecule has 0 bridgehead atoms. The van der Waals surface area contributed by atoms with Crippen LogP contribution >= 0.6 is 0 Å². The van der Waals surface area contributed by atoms with Crippen molar-refractivity contribution in [2.24, 2.45) is 11.8 Å². The topological polar surface area (TPSA) is 89.5 Å². The van der Waals surface area contributed by atoms with Crippen LogP contribution < -0.4 is 5.32 Å². The summed E-state index contributed by atoms with van der Waals surface area (Å²) < 4.78 is 32.5. The van der Waals surface area contributed by atoms with E-state index in [2.05, 4.69) is 5.32 Å². The number of benzene rings is 3. The third-order valence-electron chi connectivity index (χ3n) is 6.32. The average Bonchev–Trinajstić information content (AvgIpc) is 3.24. The molecule has 0 aliphatic carbocycles. The Morgan fingerprint density at radius 3 is 2.18 bits per heavy atom. The molecule has 6 nitrogen and oxygen atoms in total. The fraction of sp³-hybridized carbons (Fsp3) is 0.308. The van der Waals surface area contributed by atoms with Gasteiger partial charge in [0, 0.05) is 12.0 Å². The van der Waals surface area contributed by atoms with Gasteiger partial charge in [-0.3, -0.25) is 14.9 Å². The third-order valence-corrected chi connectivity index (χ3v) is 8.53. The molecule has 1 fully saturated rings. The molecule has 4 atom stereocenters. The fourth-order valence-electron chi connectivity index (χ4n) is 4.67. The Morgan fingerprint density at radius 1 is 0.909 bits per heavy atom. The van der Waals surface area contributed by atoms with Gasteiger partial charge in [-0.2, -0.15) is 0 Å². The third kappa shape index (κ3) is 4.18. The average molecular weight is 466 g/mol. The lowest BCUT2D eigenvalue weighted by molar-refractivity contribution is -0.142. The highest BCUT2D eigenvalue weighted by atomic mass is 32.2. The lowest BCUT2D eigenvalue weighted by Crippen LogP contribution is -2.46. The normalized spacial score (nSPS) is 23.0. The number of sulfone groups is 1. The Bertz CT molecular complexity index is 1290. The quantitative estimate of drug-likeness (QED) is 0.558. The zero-order valence-corrected chi connectivity index (χ0v) is 19.6. The molecule has 7 heteroatoms. The van der Waals surface area contributed by atoms with Crippen LogP contribution in [-0.4, -0.2) is 38.6 Å². The van der Waals surface area contributed by atoms with Crippen LogP contribution in [0.3, 0.4) is 0 Å². The number of nitrogens with one attached hydrogen (secondary N) is 1. The van der Waals surface area contributed by atoms with Crippen molar-refractivity contribution in [2.45, 2.75) is 36.1 Å². The maximum atomic E-state index is 13.8. The highest BCUT2D eigenvalue weighted by Gasteiger charge is 2.56. The molecule has 1 aliphatic rings. The summed E-state index contributed by atoms with van der Waals surface area (Å²) in [4.78, 5) is 26.3. The lowest BCUT2D eigenvalue weighted by atomic mass is 9.84. The van der Waals surface area contributed by atoms with Crippen LogP contribution in [0.4, 0.5) is 0 Å². The highest BCUT2D eigenvalue weighted by molar-refractivity contribution is 7.92. The largest absolute Gasteiger partial charge is 0.468 e. The maximum Gasteiger partial charge on any atom is 0.324 e. The number of rotatable bonds is 6. The van der Waals surface area contributed by atoms with Gasteiger partial charge >= 0.3 is 5.97 Å². The number of Topliss-reactive ketones (excluding diaryl/α,β-unsaturated/α-hetero) is 1. The van der Waals surface area contributed by atoms with E-state index in [-0.39, 0.29) is 10.7 Å². The van der Waals surface area contributed by atoms with Gasteiger partial charge in [0.15, 0.2) is 9.84 Å². The lowest BCUT2D eigenvalue weighted by Gasteiger charge is -2.26. The van der Waals surface area contributed by atoms with Crippen molar-refractivity contribution in [3.63, 3.8) is 0 Å². The molecule has 1 heterocycles. The van der Waals surface area contributed by atoms with Crippen LogP contribution in [0.15, 0.2) is 77.7 Å². The minimum Gasteiger partial charge on any atom is -0.468 e. The summed E-state index contributed by atoms with van der Waals surface area (Å²) in [7, 11) is -2.82. The second-order valence-corrected chi connectivity index (χ2v) is 10.8. The summed E-state index contributed by atoms with van der Waals surface area (Å²) in [5.74, 6) is -2.29. The monoisotopic (exact) mass is 465 g/mol. The van der Waals surface area contributed by atoms with Gasteiger partial charge in [0.1, 0.15) is 17.1 Å². The zero-order chi connectivity index (χ0) is 23.8. The molecule has 0 unspecified atom stereocenters. The van der Waals surface area contributed by atoms with Crippen molar-refractivity contribution in [1.82, 2.24) is 5.32 Å². The van der Waals surface area contributed by atoms with E-state index >= 15 is 0 Å². The van der Waals surface area contributed by atoms with E-state index in [0.29, 0.717) is 0 Å². The highest BCUT2D eigenvalue weighted by Crippen LogP contribution is 2.42. The van der Waals surface area contributed by atoms with E-state index in [1.165, 1.54) is 19.2 Å². The predicted octanol–water partition coefficient (Wildman–Crippen LogP) is 3.71. The molecule has 1 aliphatic heterocycles. The maximum absolute atomic E-state index is 13.8. The summed E-state index contributed by atoms with van der Waals surface area (Å²) in [5, 5.41) is 3.87. The number of hydrogen-bond donors (Lipinski definition) is 1. The number of esters is 1. The SMILES string of the molecule is COC(=O)[C@@H]1N[C@H](c2ccc3ccccc3c2)[C@@H](C(=O)C(C)C)[C@@H]1S(=O)(=O)c1ccccc1. The first-order valence-corrected chi connectivity index (χ1v) is 12.5. The number of carbonyl (C=O) groups is 2. The van der Waals surface area contributed by atoms with E-state index in [4.69, 9.17) is 4.74 Å². The number of hydrogen-bond acceptors (Lipinski definition) is 6. The Morgan fingerprint density at radius 2 is 1.55 bits per heavy atom. The van der Waals surface area contributed by atoms with E-state index < -0.39 is 45.0 Å². The molecule has 1 saturated heterocycles. The molecule has 172 valence electrons. The summed E-state index contributed by atoms with van der Waals surface area (Å²) >= 11 is 0. The first kappa shape index (κ1) is 23.1. The Hall–Kier alpha value is -3.03. The number of ketones is 1. The van der Waals surface area contributed by atoms with E-state index in [1.807, 2.05) is 42.5 Å². The van der Waals surface area contributed by atoms with Crippen molar-refractivity contribution < 1.29 is 22.7 Å². The number of ether oxygens (including phenoxy) is 1. The molecule has 0 amide bonds. The number of methoxy groups -OCH3 is 1. The Labute approximate surface area is 193 Å². The number of carbonyl (C=O) groups excluding carboxylic acids is 2. The summed E-state index contributed by atoms with van der Waals surface area (Å²) in [6.45, 7) is 3.49. The van der Waals surface area contributed by atoms with Crippen LogP contribution in [0.5, 0.6) is 0 Å². The van der Waals surface area contributed by atoms with Gasteiger partial charge < -0.3 is 4.74 Å². The van der Waals surface area contributed by atoms with Gasteiger partial charge in [0.25, 0.3) is 0 Å². The molecule has 33 heavy (non-hydrogen) atoms. The van der Waals surface area contributed by atoms with E-state index in [9.17, 15) is 18.0 Å². The minimum atomic E-state index is -4.04. The second-order valence-electron chi connectivity index (χ2n) is 8.66. The minimum absolute atomic E-state index is 0.0754. The van der Waals surface area contributed by atoms with Gasteiger partial charge in [-0.05, 0) is 34.5 Å². The summed E-state index contributed by atoms with van der Waals surface area (Å²) in [5.41, 5.74) is 0.757. The molecule has 0 radical (unpaired) electrons. The van der Waals surface area contributed by atoms with Crippen LogP contribution in [0.1, 0.15) is 25.5 Å². The molecule has 0 saturated carbocycles. The molecule has 3 aromatic rings. The van der Waals surface area contributed by atoms with Crippen molar-refractivity contribution >= 4 is 32.4 Å². The van der Waals surface area contributed by atoms with E-state index in [1.54, 1.807) is 32.0 Å². The van der Waals surface area contributed by atoms with Gasteiger partial charge in [0.2, 0.25) is 0 Å². The van der Waals surface area contributed by atoms with Gasteiger partial charge in [0.05, 0.1) is 17.9 Å². The number of fused-ring (bicyclic) bond motifs is 1. The standard InChI is InChI=1S/C26H27NO5S/c1-16(2)24(28)21-22(19-14-13-17-9-7-8-10-18(17)15-19)27-23(26(29)32-3)25(21)33(30,31)20-11-5-4-6-12-20/h4-16,21-23,25,27H,1-3H3/t21-,22+,23+,25-/m0/s1. The van der Waals surface area contributed by atoms with Gasteiger partial charge in [-0.1, -0.05) is 68.4 Å². The summed E-state index contributed by atoms with van der Waals surface area (Å²) in [6, 6.07) is 19.7. The van der Waals surface area contributed by atoms with Crippen molar-refractivity contribution in [1.29, 1.82) is 0 Å². The molecule has 1 N–H and O–H groups in total. The molecular weight excluding hydrogens is 438 g/mol. The second kappa shape index (κ2) is 9.08. The van der Waals surface area contributed by atoms with Gasteiger partial charge in [-0.15, -0.1) is 0 Å². The Balaban J connectivity index is 1.90. The molecular formula is C26H27NO5S. The first-order valence-electron chi connectivity index (χ1n) is 10.9. The zero-order valence-electron chi connectivity index (χ0n) is 18.8. The molecule has 0 aromatic heterocycles. The first-order chi connectivity index (χ1) is 15.8. The molecule has 0 spiro atoms. The fourth-order valence-corrected chi connectivity index (χ4v) is 6.75. The van der Waals surface area contributed by atoms with Crippen LogP contribution in [-0.2, 0) is 24.2 Å². The van der Waals surface area contributed by atoms with Crippen LogP contribution in [0.2, 0.25) is 0 Å². The van der Waals surface area contributed by atoms with Crippen LogP contribution in [0.25, 0.3) is 10.8 Å². The van der Waals surface area contributed by atoms with Crippen molar-refractivity contribution in [3.05, 3.63) is 78.4 Å².